The van der Waals surface area contributed by atoms with Crippen LogP contribution in [-0.2, 0) is 10.0 Å². The van der Waals surface area contributed by atoms with Gasteiger partial charge in [-0.25, -0.2) is 13.1 Å². The van der Waals surface area contributed by atoms with Gasteiger partial charge in [-0.3, -0.25) is 0 Å². The lowest BCUT2D eigenvalue weighted by Gasteiger charge is -2.20. The number of hydrogen-bond acceptors (Lipinski definition) is 3. The van der Waals surface area contributed by atoms with Crippen molar-refractivity contribution in [1.29, 1.82) is 0 Å². The topological polar surface area (TPSA) is 66.4 Å². The zero-order chi connectivity index (χ0) is 16.0. The molecule has 1 aromatic carbocycles. The summed E-state index contributed by atoms with van der Waals surface area (Å²) in [6.07, 6.45) is 1.77. The Morgan fingerprint density at radius 3 is 1.76 bits per heavy atom. The highest BCUT2D eigenvalue weighted by Crippen LogP contribution is 2.44. The smallest absolute Gasteiger partial charge is 0.241 e. The van der Waals surface area contributed by atoms with Crippen molar-refractivity contribution in [3.63, 3.8) is 0 Å². The molecule has 21 heavy (non-hydrogen) atoms. The Balaban J connectivity index is 2.41. The summed E-state index contributed by atoms with van der Waals surface area (Å²) in [6.45, 7) is 10.0. The third kappa shape index (κ3) is 2.87. The van der Waals surface area contributed by atoms with Crippen LogP contribution in [-0.4, -0.2) is 26.7 Å². The van der Waals surface area contributed by atoms with E-state index in [1.165, 1.54) is 0 Å². The van der Waals surface area contributed by atoms with E-state index in [1.807, 2.05) is 34.6 Å². The average molecular weight is 311 g/mol. The van der Waals surface area contributed by atoms with Gasteiger partial charge in [0.1, 0.15) is 0 Å². The molecule has 0 atom stereocenters. The first kappa shape index (κ1) is 16.5. The van der Waals surface area contributed by atoms with Crippen LogP contribution in [0.4, 0.5) is 0 Å². The minimum atomic E-state index is -3.55. The van der Waals surface area contributed by atoms with E-state index in [1.54, 1.807) is 0 Å². The van der Waals surface area contributed by atoms with Crippen LogP contribution in [0.15, 0.2) is 4.90 Å². The number of nitrogens with one attached hydrogen (secondary N) is 1. The molecule has 118 valence electrons. The molecule has 4 nitrogen and oxygen atoms in total. The number of aliphatic hydroxyl groups excluding tert-OH is 1. The molecule has 0 bridgehead atoms. The van der Waals surface area contributed by atoms with Crippen molar-refractivity contribution < 1.29 is 13.5 Å². The van der Waals surface area contributed by atoms with Gasteiger partial charge in [0.2, 0.25) is 10.0 Å². The molecule has 0 spiro atoms. The van der Waals surface area contributed by atoms with Crippen molar-refractivity contribution in [1.82, 2.24) is 4.72 Å². The minimum Gasteiger partial charge on any atom is -0.396 e. The number of aliphatic hydroxyl groups is 1. The first-order chi connectivity index (χ1) is 9.65. The fourth-order valence-corrected chi connectivity index (χ4v) is 4.51. The molecule has 2 rings (SSSR count). The van der Waals surface area contributed by atoms with Gasteiger partial charge in [-0.05, 0) is 75.3 Å². The predicted molar refractivity (Wildman–Crippen MR) is 84.1 cm³/mol. The highest BCUT2D eigenvalue weighted by Gasteiger charge is 2.43. The van der Waals surface area contributed by atoms with Gasteiger partial charge in [-0.2, -0.15) is 0 Å². The Hall–Kier alpha value is -0.910. The third-order valence-electron chi connectivity index (χ3n) is 5.13. The lowest BCUT2D eigenvalue weighted by atomic mass is 9.95. The van der Waals surface area contributed by atoms with E-state index in [2.05, 4.69) is 4.72 Å². The van der Waals surface area contributed by atoms with Crippen LogP contribution < -0.4 is 4.72 Å². The summed E-state index contributed by atoms with van der Waals surface area (Å²) in [5.41, 5.74) is 4.61. The lowest BCUT2D eigenvalue weighted by Crippen LogP contribution is -2.33. The molecule has 2 N–H and O–H groups in total. The second-order valence-electron chi connectivity index (χ2n) is 6.44. The summed E-state index contributed by atoms with van der Waals surface area (Å²) in [4.78, 5) is 0.400. The maximum atomic E-state index is 12.7. The number of sulfonamides is 1. The Labute approximate surface area is 127 Å². The zero-order valence-corrected chi connectivity index (χ0v) is 14.3. The van der Waals surface area contributed by atoms with Crippen molar-refractivity contribution in [2.24, 2.45) is 5.41 Å². The standard InChI is InChI=1S/C16H25NO3S/c1-10-11(2)13(4)15(14(5)12(10)3)21(19,20)17-8-16(9-18)6-7-16/h17-18H,6-9H2,1-5H3. The molecule has 1 aliphatic rings. The summed E-state index contributed by atoms with van der Waals surface area (Å²) < 4.78 is 28.1. The first-order valence-corrected chi connectivity index (χ1v) is 8.81. The van der Waals surface area contributed by atoms with Gasteiger partial charge in [0.15, 0.2) is 0 Å². The second kappa shape index (κ2) is 5.38. The number of hydrogen-bond donors (Lipinski definition) is 2. The van der Waals surface area contributed by atoms with E-state index in [4.69, 9.17) is 0 Å². The van der Waals surface area contributed by atoms with Crippen molar-refractivity contribution in [3.05, 3.63) is 27.8 Å². The van der Waals surface area contributed by atoms with Crippen molar-refractivity contribution >= 4 is 10.0 Å². The molecule has 1 aromatic rings. The Morgan fingerprint density at radius 1 is 0.952 bits per heavy atom. The Kier molecular flexibility index (Phi) is 4.21. The average Bonchev–Trinajstić information content (AvgIpc) is 3.22. The quantitative estimate of drug-likeness (QED) is 0.876. The Morgan fingerprint density at radius 2 is 1.38 bits per heavy atom. The van der Waals surface area contributed by atoms with Crippen molar-refractivity contribution in [2.75, 3.05) is 13.2 Å². The molecule has 1 fully saturated rings. The number of rotatable bonds is 5. The Bertz CT molecular complexity index is 644. The largest absolute Gasteiger partial charge is 0.396 e. The lowest BCUT2D eigenvalue weighted by molar-refractivity contribution is 0.213. The van der Waals surface area contributed by atoms with Crippen LogP contribution in [0.2, 0.25) is 0 Å². The molecule has 5 heteroatoms. The van der Waals surface area contributed by atoms with Gasteiger partial charge >= 0.3 is 0 Å². The molecule has 0 radical (unpaired) electrons. The van der Waals surface area contributed by atoms with Gasteiger partial charge in [-0.15, -0.1) is 0 Å². The van der Waals surface area contributed by atoms with Crippen LogP contribution in [0, 0.1) is 40.0 Å². The minimum absolute atomic E-state index is 0.0411. The van der Waals surface area contributed by atoms with Crippen LogP contribution in [0.3, 0.4) is 0 Å². The fraction of sp³-hybridized carbons (Fsp3) is 0.625. The van der Waals surface area contributed by atoms with E-state index in [-0.39, 0.29) is 12.0 Å². The van der Waals surface area contributed by atoms with Crippen molar-refractivity contribution in [2.45, 2.75) is 52.4 Å². The van der Waals surface area contributed by atoms with E-state index >= 15 is 0 Å². The summed E-state index contributed by atoms with van der Waals surface area (Å²) in [5.74, 6) is 0. The van der Waals surface area contributed by atoms with Gasteiger partial charge in [0, 0.05) is 18.6 Å². The normalized spacial score (nSPS) is 17.0. The molecular formula is C16H25NO3S. The molecule has 0 heterocycles. The van der Waals surface area contributed by atoms with Crippen LogP contribution in [0.1, 0.15) is 40.7 Å². The summed E-state index contributed by atoms with van der Waals surface area (Å²) in [5, 5.41) is 9.32. The predicted octanol–water partition coefficient (Wildman–Crippen LogP) is 2.28. The second-order valence-corrected chi connectivity index (χ2v) is 8.14. The SMILES string of the molecule is Cc1c(C)c(C)c(S(=O)(=O)NCC2(CO)CC2)c(C)c1C. The van der Waals surface area contributed by atoms with E-state index in [9.17, 15) is 13.5 Å². The molecule has 1 saturated carbocycles. The maximum Gasteiger partial charge on any atom is 0.241 e. The van der Waals surface area contributed by atoms with Crippen molar-refractivity contribution in [3.8, 4) is 0 Å². The van der Waals surface area contributed by atoms with E-state index in [0.717, 1.165) is 40.7 Å². The summed E-state index contributed by atoms with van der Waals surface area (Å²) >= 11 is 0. The molecular weight excluding hydrogens is 286 g/mol. The highest BCUT2D eigenvalue weighted by atomic mass is 32.2. The highest BCUT2D eigenvalue weighted by molar-refractivity contribution is 7.89. The van der Waals surface area contributed by atoms with E-state index in [0.29, 0.717) is 11.4 Å². The maximum absolute atomic E-state index is 12.7. The fourth-order valence-electron chi connectivity index (χ4n) is 2.76. The van der Waals surface area contributed by atoms with Crippen LogP contribution in [0.25, 0.3) is 0 Å². The third-order valence-corrected chi connectivity index (χ3v) is 6.80. The number of benzene rings is 1. The summed E-state index contributed by atoms with van der Waals surface area (Å²) in [7, 11) is -3.55. The molecule has 0 aliphatic heterocycles. The van der Waals surface area contributed by atoms with Gasteiger partial charge in [0.05, 0.1) is 4.90 Å². The molecule has 0 unspecified atom stereocenters. The zero-order valence-electron chi connectivity index (χ0n) is 13.5. The molecule has 0 amide bonds. The first-order valence-electron chi connectivity index (χ1n) is 7.33. The van der Waals surface area contributed by atoms with E-state index < -0.39 is 10.0 Å². The molecule has 1 aliphatic carbocycles. The molecule has 0 saturated heterocycles. The van der Waals surface area contributed by atoms with Gasteiger partial charge in [0.25, 0.3) is 0 Å². The van der Waals surface area contributed by atoms with Crippen LogP contribution >= 0.6 is 0 Å². The van der Waals surface area contributed by atoms with Gasteiger partial charge in [-0.1, -0.05) is 0 Å². The van der Waals surface area contributed by atoms with Gasteiger partial charge < -0.3 is 5.11 Å². The monoisotopic (exact) mass is 311 g/mol. The molecule has 0 aromatic heterocycles. The van der Waals surface area contributed by atoms with Crippen LogP contribution in [0.5, 0.6) is 0 Å². The summed E-state index contributed by atoms with van der Waals surface area (Å²) in [6, 6.07) is 0.